The molecule has 0 aromatic heterocycles. The van der Waals surface area contributed by atoms with Crippen molar-refractivity contribution in [1.29, 1.82) is 0 Å². The Labute approximate surface area is 89.9 Å². The number of carbonyl (C=O) groups is 1. The Bertz CT molecular complexity index is 358. The molecule has 1 aromatic rings. The van der Waals surface area contributed by atoms with Gasteiger partial charge in [-0.25, -0.2) is 0 Å². The SMILES string of the molecule is Cc1ccc(C(N)=O)c(C2CC2)c1.Cl. The van der Waals surface area contributed by atoms with E-state index < -0.39 is 0 Å². The molecule has 0 atom stereocenters. The number of carbonyl (C=O) groups excluding carboxylic acids is 1. The van der Waals surface area contributed by atoms with Gasteiger partial charge in [0.05, 0.1) is 0 Å². The van der Waals surface area contributed by atoms with Crippen molar-refractivity contribution in [3.8, 4) is 0 Å². The summed E-state index contributed by atoms with van der Waals surface area (Å²) >= 11 is 0. The second-order valence-corrected chi connectivity index (χ2v) is 3.73. The molecule has 2 N–H and O–H groups in total. The standard InChI is InChI=1S/C11H13NO.ClH/c1-7-2-5-9(11(12)13)10(6-7)8-3-4-8;/h2,5-6,8H,3-4H2,1H3,(H2,12,13);1H. The monoisotopic (exact) mass is 211 g/mol. The van der Waals surface area contributed by atoms with E-state index in [4.69, 9.17) is 5.73 Å². The third-order valence-corrected chi connectivity index (χ3v) is 2.49. The number of hydrogen-bond donors (Lipinski definition) is 1. The van der Waals surface area contributed by atoms with Crippen LogP contribution in [0.4, 0.5) is 0 Å². The van der Waals surface area contributed by atoms with Crippen LogP contribution in [-0.4, -0.2) is 5.91 Å². The van der Waals surface area contributed by atoms with Crippen LogP contribution in [0.1, 0.15) is 40.2 Å². The van der Waals surface area contributed by atoms with Crippen LogP contribution in [0.5, 0.6) is 0 Å². The van der Waals surface area contributed by atoms with E-state index in [9.17, 15) is 4.79 Å². The Hall–Kier alpha value is -1.02. The molecule has 2 rings (SSSR count). The van der Waals surface area contributed by atoms with Crippen molar-refractivity contribution in [2.75, 3.05) is 0 Å². The molecule has 1 aliphatic carbocycles. The fourth-order valence-electron chi connectivity index (χ4n) is 1.64. The lowest BCUT2D eigenvalue weighted by Crippen LogP contribution is -2.13. The summed E-state index contributed by atoms with van der Waals surface area (Å²) in [6.07, 6.45) is 2.40. The number of hydrogen-bond acceptors (Lipinski definition) is 1. The van der Waals surface area contributed by atoms with E-state index in [-0.39, 0.29) is 18.3 Å². The quantitative estimate of drug-likeness (QED) is 0.802. The minimum absolute atomic E-state index is 0. The van der Waals surface area contributed by atoms with E-state index in [1.807, 2.05) is 19.1 Å². The van der Waals surface area contributed by atoms with Crippen LogP contribution in [-0.2, 0) is 0 Å². The molecule has 0 saturated heterocycles. The van der Waals surface area contributed by atoms with Crippen LogP contribution < -0.4 is 5.73 Å². The fourth-order valence-corrected chi connectivity index (χ4v) is 1.64. The Balaban J connectivity index is 0.000000980. The lowest BCUT2D eigenvalue weighted by Gasteiger charge is -2.05. The maximum absolute atomic E-state index is 11.1. The molecule has 2 nitrogen and oxygen atoms in total. The highest BCUT2D eigenvalue weighted by Crippen LogP contribution is 2.41. The Kier molecular flexibility index (Phi) is 3.17. The van der Waals surface area contributed by atoms with E-state index in [0.717, 1.165) is 5.56 Å². The van der Waals surface area contributed by atoms with E-state index in [1.54, 1.807) is 0 Å². The maximum atomic E-state index is 11.1. The molecule has 1 aliphatic rings. The van der Waals surface area contributed by atoms with Crippen molar-refractivity contribution >= 4 is 18.3 Å². The molecule has 0 spiro atoms. The highest BCUT2D eigenvalue weighted by Gasteiger charge is 2.27. The van der Waals surface area contributed by atoms with Crippen LogP contribution in [0.2, 0.25) is 0 Å². The zero-order valence-corrected chi connectivity index (χ0v) is 8.93. The number of halogens is 1. The minimum atomic E-state index is -0.304. The van der Waals surface area contributed by atoms with Gasteiger partial charge in [0.1, 0.15) is 0 Å². The molecule has 76 valence electrons. The van der Waals surface area contributed by atoms with Crippen molar-refractivity contribution in [3.05, 3.63) is 34.9 Å². The Morgan fingerprint density at radius 1 is 1.43 bits per heavy atom. The average Bonchev–Trinajstić information content (AvgIpc) is 2.85. The van der Waals surface area contributed by atoms with Gasteiger partial charge in [0.2, 0.25) is 5.91 Å². The molecule has 0 unspecified atom stereocenters. The van der Waals surface area contributed by atoms with Crippen molar-refractivity contribution in [2.45, 2.75) is 25.7 Å². The van der Waals surface area contributed by atoms with Gasteiger partial charge >= 0.3 is 0 Å². The van der Waals surface area contributed by atoms with Gasteiger partial charge in [-0.1, -0.05) is 17.7 Å². The summed E-state index contributed by atoms with van der Waals surface area (Å²) < 4.78 is 0. The third-order valence-electron chi connectivity index (χ3n) is 2.49. The molecule has 1 amide bonds. The van der Waals surface area contributed by atoms with Gasteiger partial charge in [-0.05, 0) is 37.3 Å². The highest BCUT2D eigenvalue weighted by molar-refractivity contribution is 5.94. The number of rotatable bonds is 2. The third kappa shape index (κ3) is 2.07. The van der Waals surface area contributed by atoms with Crippen molar-refractivity contribution in [1.82, 2.24) is 0 Å². The Morgan fingerprint density at radius 2 is 2.07 bits per heavy atom. The van der Waals surface area contributed by atoms with E-state index in [2.05, 4.69) is 6.07 Å². The number of benzene rings is 1. The molecule has 3 heteroatoms. The van der Waals surface area contributed by atoms with Gasteiger partial charge in [0.15, 0.2) is 0 Å². The molecule has 14 heavy (non-hydrogen) atoms. The highest BCUT2D eigenvalue weighted by atomic mass is 35.5. The van der Waals surface area contributed by atoms with Gasteiger partial charge in [0, 0.05) is 5.56 Å². The lowest BCUT2D eigenvalue weighted by atomic mass is 10.0. The first kappa shape index (κ1) is 11.1. The molecule has 0 aliphatic heterocycles. The predicted molar refractivity (Wildman–Crippen MR) is 58.9 cm³/mol. The first-order chi connectivity index (χ1) is 6.18. The number of primary amides is 1. The van der Waals surface area contributed by atoms with Crippen molar-refractivity contribution in [3.63, 3.8) is 0 Å². The summed E-state index contributed by atoms with van der Waals surface area (Å²) in [4.78, 5) is 11.1. The zero-order valence-electron chi connectivity index (χ0n) is 8.12. The lowest BCUT2D eigenvalue weighted by molar-refractivity contribution is 0.0999. The number of nitrogens with two attached hydrogens (primary N) is 1. The van der Waals surface area contributed by atoms with Crippen LogP contribution >= 0.6 is 12.4 Å². The normalized spacial score (nSPS) is 14.6. The Morgan fingerprint density at radius 3 is 2.57 bits per heavy atom. The fraction of sp³-hybridized carbons (Fsp3) is 0.364. The summed E-state index contributed by atoms with van der Waals surface area (Å²) in [5.41, 5.74) is 8.34. The first-order valence-electron chi connectivity index (χ1n) is 4.59. The molecule has 0 heterocycles. The summed E-state index contributed by atoms with van der Waals surface area (Å²) in [6.45, 7) is 2.04. The molecule has 1 aromatic carbocycles. The smallest absolute Gasteiger partial charge is 0.248 e. The van der Waals surface area contributed by atoms with Gasteiger partial charge in [0.25, 0.3) is 0 Å². The van der Waals surface area contributed by atoms with Gasteiger partial charge in [-0.3, -0.25) is 4.79 Å². The van der Waals surface area contributed by atoms with E-state index >= 15 is 0 Å². The largest absolute Gasteiger partial charge is 0.366 e. The van der Waals surface area contributed by atoms with Crippen molar-refractivity contribution < 1.29 is 4.79 Å². The maximum Gasteiger partial charge on any atom is 0.248 e. The molecule has 0 bridgehead atoms. The van der Waals surface area contributed by atoms with Crippen LogP contribution in [0.3, 0.4) is 0 Å². The van der Waals surface area contributed by atoms with Crippen molar-refractivity contribution in [2.24, 2.45) is 5.73 Å². The first-order valence-corrected chi connectivity index (χ1v) is 4.59. The average molecular weight is 212 g/mol. The summed E-state index contributed by atoms with van der Waals surface area (Å²) in [5, 5.41) is 0. The molecule has 0 radical (unpaired) electrons. The number of aryl methyl sites for hydroxylation is 1. The number of amides is 1. The van der Waals surface area contributed by atoms with Crippen LogP contribution in [0.25, 0.3) is 0 Å². The van der Waals surface area contributed by atoms with Gasteiger partial charge in [-0.2, -0.15) is 0 Å². The minimum Gasteiger partial charge on any atom is -0.366 e. The predicted octanol–water partition coefficient (Wildman–Crippen LogP) is 2.39. The topological polar surface area (TPSA) is 43.1 Å². The molecule has 1 fully saturated rings. The van der Waals surface area contributed by atoms with Crippen LogP contribution in [0.15, 0.2) is 18.2 Å². The summed E-state index contributed by atoms with van der Waals surface area (Å²) in [7, 11) is 0. The van der Waals surface area contributed by atoms with E-state index in [1.165, 1.54) is 18.4 Å². The van der Waals surface area contributed by atoms with E-state index in [0.29, 0.717) is 11.5 Å². The second-order valence-electron chi connectivity index (χ2n) is 3.73. The summed E-state index contributed by atoms with van der Waals surface area (Å²) in [5.74, 6) is 0.282. The molecule has 1 saturated carbocycles. The van der Waals surface area contributed by atoms with Gasteiger partial charge < -0.3 is 5.73 Å². The molecular weight excluding hydrogens is 198 g/mol. The summed E-state index contributed by atoms with van der Waals surface area (Å²) in [6, 6.07) is 5.86. The molecular formula is C11H14ClNO. The van der Waals surface area contributed by atoms with Crippen LogP contribution in [0, 0.1) is 6.92 Å². The second kappa shape index (κ2) is 4.01. The van der Waals surface area contributed by atoms with Gasteiger partial charge in [-0.15, -0.1) is 12.4 Å². The zero-order chi connectivity index (χ0) is 9.42.